The highest BCUT2D eigenvalue weighted by molar-refractivity contribution is 5.92. The molecule has 1 amide bonds. The first-order valence-corrected chi connectivity index (χ1v) is 9.07. The van der Waals surface area contributed by atoms with Crippen molar-refractivity contribution in [2.75, 3.05) is 19.8 Å². The summed E-state index contributed by atoms with van der Waals surface area (Å²) in [5.41, 5.74) is 0.945. The zero-order valence-corrected chi connectivity index (χ0v) is 15.1. The molecule has 0 bridgehead atoms. The minimum absolute atomic E-state index is 0.105. The van der Waals surface area contributed by atoms with Crippen LogP contribution >= 0.6 is 0 Å². The van der Waals surface area contributed by atoms with Crippen LogP contribution in [0.3, 0.4) is 0 Å². The molecule has 2 rings (SSSR count). The molecule has 4 nitrogen and oxygen atoms in total. The van der Waals surface area contributed by atoms with Crippen molar-refractivity contribution < 1.29 is 14.3 Å². The molecule has 1 unspecified atom stereocenters. The minimum Gasteiger partial charge on any atom is -0.490 e. The molecule has 4 heteroatoms. The van der Waals surface area contributed by atoms with Gasteiger partial charge in [0.25, 0.3) is 0 Å². The number of hydrogen-bond acceptors (Lipinski definition) is 3. The Kier molecular flexibility index (Phi) is 7.16. The lowest BCUT2D eigenvalue weighted by molar-refractivity contribution is -0.129. The first kappa shape index (κ1) is 18.4. The lowest BCUT2D eigenvalue weighted by atomic mass is 10.00. The predicted molar refractivity (Wildman–Crippen MR) is 97.5 cm³/mol. The summed E-state index contributed by atoms with van der Waals surface area (Å²) in [4.78, 5) is 14.5. The number of carbonyl (C=O) groups excluding carboxylic acids is 1. The zero-order chi connectivity index (χ0) is 17.4. The van der Waals surface area contributed by atoms with Gasteiger partial charge in [0, 0.05) is 18.7 Å². The van der Waals surface area contributed by atoms with Crippen molar-refractivity contribution in [1.82, 2.24) is 4.90 Å². The quantitative estimate of drug-likeness (QED) is 0.700. The molecule has 0 aromatic heterocycles. The van der Waals surface area contributed by atoms with E-state index in [9.17, 15) is 4.79 Å². The Bertz CT molecular complexity index is 568. The fourth-order valence-corrected chi connectivity index (χ4v) is 3.15. The van der Waals surface area contributed by atoms with Gasteiger partial charge in [-0.1, -0.05) is 13.0 Å². The summed E-state index contributed by atoms with van der Waals surface area (Å²) >= 11 is 0. The molecule has 1 aliphatic heterocycles. The van der Waals surface area contributed by atoms with Gasteiger partial charge in [-0.3, -0.25) is 4.79 Å². The number of piperidine rings is 1. The van der Waals surface area contributed by atoms with Crippen molar-refractivity contribution in [3.05, 3.63) is 29.8 Å². The number of carbonyl (C=O) groups is 1. The molecule has 0 saturated carbocycles. The molecule has 24 heavy (non-hydrogen) atoms. The van der Waals surface area contributed by atoms with E-state index in [-0.39, 0.29) is 5.91 Å². The summed E-state index contributed by atoms with van der Waals surface area (Å²) in [5, 5.41) is 0. The number of ether oxygens (including phenoxy) is 2. The Morgan fingerprint density at radius 3 is 2.62 bits per heavy atom. The van der Waals surface area contributed by atoms with Crippen molar-refractivity contribution >= 4 is 12.0 Å². The van der Waals surface area contributed by atoms with E-state index in [1.54, 1.807) is 6.08 Å². The second kappa shape index (κ2) is 9.36. The second-order valence-electron chi connectivity index (χ2n) is 6.00. The number of hydrogen-bond donors (Lipinski definition) is 0. The number of rotatable bonds is 7. The number of amides is 1. The first-order chi connectivity index (χ1) is 11.7. The van der Waals surface area contributed by atoms with E-state index < -0.39 is 0 Å². The van der Waals surface area contributed by atoms with Crippen molar-refractivity contribution in [2.45, 2.75) is 52.5 Å². The summed E-state index contributed by atoms with van der Waals surface area (Å²) in [6.45, 7) is 8.10. The molecule has 1 fully saturated rings. The summed E-state index contributed by atoms with van der Waals surface area (Å²) < 4.78 is 11.2. The van der Waals surface area contributed by atoms with Gasteiger partial charge in [0.2, 0.25) is 5.91 Å². The van der Waals surface area contributed by atoms with Gasteiger partial charge in [-0.05, 0) is 63.3 Å². The molecular formula is C20H29NO3. The monoisotopic (exact) mass is 331 g/mol. The SMILES string of the molecule is CCOc1ccc(/C=C/C(=O)N2CCCCC2CC)cc1OCC. The summed E-state index contributed by atoms with van der Waals surface area (Å²) in [7, 11) is 0. The molecule has 1 atom stereocenters. The van der Waals surface area contributed by atoms with Crippen LogP contribution in [0.5, 0.6) is 11.5 Å². The van der Waals surface area contributed by atoms with Gasteiger partial charge < -0.3 is 14.4 Å². The van der Waals surface area contributed by atoms with E-state index in [4.69, 9.17) is 9.47 Å². The standard InChI is InChI=1S/C20H29NO3/c1-4-17-9-7-8-14-21(17)20(22)13-11-16-10-12-18(23-5-2)19(15-16)24-6-3/h10-13,15,17H,4-9,14H2,1-3H3/b13-11+. The Morgan fingerprint density at radius 1 is 1.17 bits per heavy atom. The number of likely N-dealkylation sites (tertiary alicyclic amines) is 1. The van der Waals surface area contributed by atoms with Gasteiger partial charge in [-0.25, -0.2) is 0 Å². The minimum atomic E-state index is 0.105. The van der Waals surface area contributed by atoms with Crippen LogP contribution in [0.15, 0.2) is 24.3 Å². The Labute approximate surface area is 145 Å². The predicted octanol–water partition coefficient (Wildman–Crippen LogP) is 4.29. The topological polar surface area (TPSA) is 38.8 Å². The van der Waals surface area contributed by atoms with Gasteiger partial charge in [0.1, 0.15) is 0 Å². The maximum atomic E-state index is 12.5. The molecule has 1 aliphatic rings. The van der Waals surface area contributed by atoms with Crippen molar-refractivity contribution in [3.8, 4) is 11.5 Å². The largest absolute Gasteiger partial charge is 0.490 e. The van der Waals surface area contributed by atoms with Crippen molar-refractivity contribution in [3.63, 3.8) is 0 Å². The van der Waals surface area contributed by atoms with E-state index in [1.165, 1.54) is 6.42 Å². The van der Waals surface area contributed by atoms with Crippen LogP contribution in [0.2, 0.25) is 0 Å². The fraction of sp³-hybridized carbons (Fsp3) is 0.550. The third-order valence-corrected chi connectivity index (χ3v) is 4.37. The van der Waals surface area contributed by atoms with E-state index in [0.717, 1.165) is 42.9 Å². The Hall–Kier alpha value is -1.97. The van der Waals surface area contributed by atoms with Crippen LogP contribution in [0, 0.1) is 0 Å². The highest BCUT2D eigenvalue weighted by Gasteiger charge is 2.23. The zero-order valence-electron chi connectivity index (χ0n) is 15.1. The average Bonchev–Trinajstić information content (AvgIpc) is 2.62. The smallest absolute Gasteiger partial charge is 0.246 e. The molecule has 0 spiro atoms. The molecular weight excluding hydrogens is 302 g/mol. The molecule has 132 valence electrons. The van der Waals surface area contributed by atoms with Gasteiger partial charge in [0.15, 0.2) is 11.5 Å². The lowest BCUT2D eigenvalue weighted by Crippen LogP contribution is -2.42. The van der Waals surface area contributed by atoms with Crippen LogP contribution in [-0.4, -0.2) is 36.6 Å². The van der Waals surface area contributed by atoms with Crippen LogP contribution in [-0.2, 0) is 4.79 Å². The van der Waals surface area contributed by atoms with Gasteiger partial charge >= 0.3 is 0 Å². The van der Waals surface area contributed by atoms with Crippen LogP contribution in [0.1, 0.15) is 52.0 Å². The van der Waals surface area contributed by atoms with Gasteiger partial charge in [-0.15, -0.1) is 0 Å². The van der Waals surface area contributed by atoms with E-state index in [1.807, 2.05) is 43.0 Å². The number of nitrogens with zero attached hydrogens (tertiary/aromatic N) is 1. The van der Waals surface area contributed by atoms with Crippen molar-refractivity contribution in [2.24, 2.45) is 0 Å². The van der Waals surface area contributed by atoms with Crippen LogP contribution in [0.4, 0.5) is 0 Å². The Balaban J connectivity index is 2.09. The normalized spacial score (nSPS) is 18.0. The Morgan fingerprint density at radius 2 is 1.92 bits per heavy atom. The second-order valence-corrected chi connectivity index (χ2v) is 6.00. The molecule has 1 aromatic rings. The highest BCUT2D eigenvalue weighted by atomic mass is 16.5. The van der Waals surface area contributed by atoms with Gasteiger partial charge in [-0.2, -0.15) is 0 Å². The third-order valence-electron chi connectivity index (χ3n) is 4.37. The van der Waals surface area contributed by atoms with Crippen molar-refractivity contribution in [1.29, 1.82) is 0 Å². The third kappa shape index (κ3) is 4.76. The number of benzene rings is 1. The summed E-state index contributed by atoms with van der Waals surface area (Å²) in [6, 6.07) is 6.15. The average molecular weight is 331 g/mol. The molecule has 1 saturated heterocycles. The van der Waals surface area contributed by atoms with Crippen LogP contribution in [0.25, 0.3) is 6.08 Å². The van der Waals surface area contributed by atoms with E-state index in [2.05, 4.69) is 6.92 Å². The maximum absolute atomic E-state index is 12.5. The lowest BCUT2D eigenvalue weighted by Gasteiger charge is -2.34. The van der Waals surface area contributed by atoms with Gasteiger partial charge in [0.05, 0.1) is 13.2 Å². The maximum Gasteiger partial charge on any atom is 0.246 e. The fourth-order valence-electron chi connectivity index (χ4n) is 3.15. The van der Waals surface area contributed by atoms with Crippen LogP contribution < -0.4 is 9.47 Å². The molecule has 0 aliphatic carbocycles. The molecule has 0 N–H and O–H groups in total. The summed E-state index contributed by atoms with van der Waals surface area (Å²) in [5.74, 6) is 1.57. The van der Waals surface area contributed by atoms with E-state index >= 15 is 0 Å². The highest BCUT2D eigenvalue weighted by Crippen LogP contribution is 2.29. The summed E-state index contributed by atoms with van der Waals surface area (Å²) in [6.07, 6.45) is 8.02. The van der Waals surface area contributed by atoms with E-state index in [0.29, 0.717) is 19.3 Å². The first-order valence-electron chi connectivity index (χ1n) is 9.07. The molecule has 1 heterocycles. The molecule has 1 aromatic carbocycles. The molecule has 0 radical (unpaired) electrons.